The van der Waals surface area contributed by atoms with Gasteiger partial charge in [-0.15, -0.1) is 0 Å². The minimum atomic E-state index is -0.467. The summed E-state index contributed by atoms with van der Waals surface area (Å²) in [7, 11) is 0. The molecule has 0 radical (unpaired) electrons. The molecule has 1 aromatic rings. The molecule has 118 valence electrons. The Morgan fingerprint density at radius 1 is 1.41 bits per heavy atom. The Morgan fingerprint density at radius 2 is 2.09 bits per heavy atom. The van der Waals surface area contributed by atoms with Crippen molar-refractivity contribution in [2.45, 2.75) is 45.3 Å². The van der Waals surface area contributed by atoms with E-state index in [1.165, 1.54) is 0 Å². The summed E-state index contributed by atoms with van der Waals surface area (Å²) in [5, 5.41) is 12.1. The van der Waals surface area contributed by atoms with Crippen LogP contribution in [0.15, 0.2) is 24.3 Å². The highest BCUT2D eigenvalue weighted by Gasteiger charge is 2.31. The predicted octanol–water partition coefficient (Wildman–Crippen LogP) is 3.37. The van der Waals surface area contributed by atoms with Crippen molar-refractivity contribution in [2.75, 3.05) is 18.4 Å². The summed E-state index contributed by atoms with van der Waals surface area (Å²) in [5.41, 5.74) is 1.13. The largest absolute Gasteiger partial charge is 0.444 e. The first-order valence-corrected chi connectivity index (χ1v) is 7.63. The maximum Gasteiger partial charge on any atom is 0.410 e. The molecule has 1 aliphatic rings. The third-order valence-electron chi connectivity index (χ3n) is 3.56. The van der Waals surface area contributed by atoms with Crippen molar-refractivity contribution in [3.05, 3.63) is 29.8 Å². The fourth-order valence-corrected chi connectivity index (χ4v) is 2.51. The van der Waals surface area contributed by atoms with E-state index < -0.39 is 5.60 Å². The molecule has 1 saturated heterocycles. The Hall–Kier alpha value is -2.22. The maximum atomic E-state index is 12.2. The highest BCUT2D eigenvalue weighted by Crippen LogP contribution is 2.21. The smallest absolute Gasteiger partial charge is 0.410 e. The zero-order valence-electron chi connectivity index (χ0n) is 13.4. The molecule has 0 saturated carbocycles. The monoisotopic (exact) mass is 301 g/mol. The van der Waals surface area contributed by atoms with Crippen LogP contribution in [0.3, 0.4) is 0 Å². The average molecular weight is 301 g/mol. The first kappa shape index (κ1) is 16.2. The number of amides is 1. The fraction of sp³-hybridized carbons (Fsp3) is 0.529. The van der Waals surface area contributed by atoms with Crippen molar-refractivity contribution in [3.8, 4) is 6.07 Å². The third-order valence-corrected chi connectivity index (χ3v) is 3.56. The second kappa shape index (κ2) is 6.69. The highest BCUT2D eigenvalue weighted by atomic mass is 16.6. The second-order valence-electron chi connectivity index (χ2n) is 6.54. The Kier molecular flexibility index (Phi) is 4.92. The minimum absolute atomic E-state index is 0.144. The number of rotatable bonds is 3. The molecule has 1 aromatic carbocycles. The van der Waals surface area contributed by atoms with Crippen LogP contribution in [-0.4, -0.2) is 35.7 Å². The molecule has 1 heterocycles. The van der Waals surface area contributed by atoms with Crippen LogP contribution in [-0.2, 0) is 4.74 Å². The Labute approximate surface area is 131 Å². The Bertz CT molecular complexity index is 555. The molecule has 0 bridgehead atoms. The van der Waals surface area contributed by atoms with Crippen LogP contribution in [0, 0.1) is 11.3 Å². The molecular formula is C17H23N3O2. The molecule has 0 aromatic heterocycles. The normalized spacial score (nSPS) is 17.9. The lowest BCUT2D eigenvalue weighted by Crippen LogP contribution is -2.42. The quantitative estimate of drug-likeness (QED) is 0.929. The van der Waals surface area contributed by atoms with Crippen molar-refractivity contribution in [1.29, 1.82) is 5.26 Å². The van der Waals surface area contributed by atoms with Gasteiger partial charge in [0.15, 0.2) is 0 Å². The van der Waals surface area contributed by atoms with Gasteiger partial charge in [-0.25, -0.2) is 4.79 Å². The van der Waals surface area contributed by atoms with E-state index in [1.54, 1.807) is 12.1 Å². The van der Waals surface area contributed by atoms with Gasteiger partial charge in [0.05, 0.1) is 17.7 Å². The third kappa shape index (κ3) is 4.39. The van der Waals surface area contributed by atoms with Crippen LogP contribution in [0.1, 0.15) is 39.2 Å². The number of benzene rings is 1. The molecule has 0 spiro atoms. The zero-order chi connectivity index (χ0) is 16.2. The molecule has 22 heavy (non-hydrogen) atoms. The zero-order valence-corrected chi connectivity index (χ0v) is 13.4. The lowest BCUT2D eigenvalue weighted by molar-refractivity contribution is 0.0235. The summed E-state index contributed by atoms with van der Waals surface area (Å²) in [6.07, 6.45) is 1.73. The summed E-state index contributed by atoms with van der Waals surface area (Å²) in [4.78, 5) is 14.0. The second-order valence-corrected chi connectivity index (χ2v) is 6.54. The van der Waals surface area contributed by atoms with E-state index in [-0.39, 0.29) is 12.1 Å². The van der Waals surface area contributed by atoms with Crippen LogP contribution >= 0.6 is 0 Å². The van der Waals surface area contributed by atoms with Crippen LogP contribution < -0.4 is 5.32 Å². The van der Waals surface area contributed by atoms with Crippen LogP contribution in [0.2, 0.25) is 0 Å². The number of carbonyl (C=O) groups is 1. The topological polar surface area (TPSA) is 65.4 Å². The Balaban J connectivity index is 1.91. The molecular weight excluding hydrogens is 278 g/mol. The summed E-state index contributed by atoms with van der Waals surface area (Å²) in [6.45, 7) is 7.07. The first-order valence-electron chi connectivity index (χ1n) is 7.63. The number of hydrogen-bond acceptors (Lipinski definition) is 4. The number of nitriles is 1. The van der Waals surface area contributed by atoms with Gasteiger partial charge in [-0.3, -0.25) is 0 Å². The number of nitrogens with zero attached hydrogens (tertiary/aromatic N) is 2. The summed E-state index contributed by atoms with van der Waals surface area (Å²) in [5.74, 6) is 0. The fourth-order valence-electron chi connectivity index (χ4n) is 2.51. The average Bonchev–Trinajstić information content (AvgIpc) is 2.92. The number of ether oxygens (including phenoxy) is 1. The predicted molar refractivity (Wildman–Crippen MR) is 85.6 cm³/mol. The standard InChI is InChI=1S/C17H23N3O2/c1-17(2,3)22-16(21)20-10-4-5-15(20)12-19-14-8-6-13(11-18)7-9-14/h6-9,15,19H,4-5,10,12H2,1-3H3. The van der Waals surface area contributed by atoms with Gasteiger partial charge in [-0.2, -0.15) is 5.26 Å². The summed E-state index contributed by atoms with van der Waals surface area (Å²) >= 11 is 0. The minimum Gasteiger partial charge on any atom is -0.444 e. The molecule has 2 rings (SSSR count). The molecule has 1 amide bonds. The number of nitrogens with one attached hydrogen (secondary N) is 1. The first-order chi connectivity index (χ1) is 10.4. The molecule has 1 unspecified atom stereocenters. The van der Waals surface area contributed by atoms with E-state index in [0.29, 0.717) is 12.1 Å². The van der Waals surface area contributed by atoms with Gasteiger partial charge in [0.1, 0.15) is 5.60 Å². The van der Waals surface area contributed by atoms with Gasteiger partial charge in [0.2, 0.25) is 0 Å². The van der Waals surface area contributed by atoms with Crippen LogP contribution in [0.4, 0.5) is 10.5 Å². The van der Waals surface area contributed by atoms with Crippen LogP contribution in [0.25, 0.3) is 0 Å². The van der Waals surface area contributed by atoms with E-state index in [4.69, 9.17) is 10.00 Å². The molecule has 1 fully saturated rings. The van der Waals surface area contributed by atoms with Gasteiger partial charge >= 0.3 is 6.09 Å². The number of carbonyl (C=O) groups excluding carboxylic acids is 1. The SMILES string of the molecule is CC(C)(C)OC(=O)N1CCCC1CNc1ccc(C#N)cc1. The highest BCUT2D eigenvalue weighted by molar-refractivity contribution is 5.69. The summed E-state index contributed by atoms with van der Waals surface area (Å²) < 4.78 is 5.46. The molecule has 1 N–H and O–H groups in total. The van der Waals surface area contributed by atoms with Gasteiger partial charge in [-0.1, -0.05) is 0 Å². The number of likely N-dealkylation sites (tertiary alicyclic amines) is 1. The molecule has 1 aliphatic heterocycles. The van der Waals surface area contributed by atoms with Crippen molar-refractivity contribution in [2.24, 2.45) is 0 Å². The van der Waals surface area contributed by atoms with E-state index in [1.807, 2.05) is 37.8 Å². The Morgan fingerprint density at radius 3 is 2.68 bits per heavy atom. The van der Waals surface area contributed by atoms with Crippen LogP contribution in [0.5, 0.6) is 0 Å². The van der Waals surface area contributed by atoms with Gasteiger partial charge in [-0.05, 0) is 57.9 Å². The van der Waals surface area contributed by atoms with E-state index in [2.05, 4.69) is 11.4 Å². The molecule has 5 nitrogen and oxygen atoms in total. The molecule has 1 atom stereocenters. The molecule has 5 heteroatoms. The van der Waals surface area contributed by atoms with Crippen molar-refractivity contribution in [1.82, 2.24) is 4.90 Å². The maximum absolute atomic E-state index is 12.2. The lowest BCUT2D eigenvalue weighted by Gasteiger charge is -2.28. The van der Waals surface area contributed by atoms with E-state index in [0.717, 1.165) is 25.1 Å². The van der Waals surface area contributed by atoms with E-state index >= 15 is 0 Å². The number of hydrogen-bond donors (Lipinski definition) is 1. The van der Waals surface area contributed by atoms with Gasteiger partial charge < -0.3 is 15.0 Å². The van der Waals surface area contributed by atoms with E-state index in [9.17, 15) is 4.79 Å². The lowest BCUT2D eigenvalue weighted by atomic mass is 10.2. The van der Waals surface area contributed by atoms with Gasteiger partial charge in [0, 0.05) is 18.8 Å². The van der Waals surface area contributed by atoms with Gasteiger partial charge in [0.25, 0.3) is 0 Å². The van der Waals surface area contributed by atoms with Crippen molar-refractivity contribution >= 4 is 11.8 Å². The van der Waals surface area contributed by atoms with Crippen molar-refractivity contribution in [3.63, 3.8) is 0 Å². The van der Waals surface area contributed by atoms with Crippen molar-refractivity contribution < 1.29 is 9.53 Å². The number of anilines is 1. The summed E-state index contributed by atoms with van der Waals surface area (Å²) in [6, 6.07) is 9.56. The molecule has 0 aliphatic carbocycles.